The summed E-state index contributed by atoms with van der Waals surface area (Å²) in [6.07, 6.45) is 1.70. The van der Waals surface area contributed by atoms with Gasteiger partial charge in [-0.1, -0.05) is 60.2 Å². The predicted molar refractivity (Wildman–Crippen MR) is 120 cm³/mol. The lowest BCUT2D eigenvalue weighted by molar-refractivity contribution is -0.123. The van der Waals surface area contributed by atoms with E-state index in [1.165, 1.54) is 11.0 Å². The summed E-state index contributed by atoms with van der Waals surface area (Å²) in [4.78, 5) is 26.7. The number of benzene rings is 3. The van der Waals surface area contributed by atoms with Crippen molar-refractivity contribution < 1.29 is 18.7 Å². The number of ether oxygens (including phenoxy) is 1. The second-order valence-electron chi connectivity index (χ2n) is 7.20. The van der Waals surface area contributed by atoms with Crippen LogP contribution in [0.25, 0.3) is 6.08 Å². The number of imide groups is 1. The van der Waals surface area contributed by atoms with Crippen molar-refractivity contribution in [3.05, 3.63) is 106 Å². The number of carbonyl (C=O) groups excluding carboxylic acids is 2. The molecule has 0 N–H and O–H groups in total. The van der Waals surface area contributed by atoms with Crippen molar-refractivity contribution in [2.24, 2.45) is 0 Å². The third-order valence-electron chi connectivity index (χ3n) is 4.86. The van der Waals surface area contributed by atoms with Gasteiger partial charge >= 0.3 is 0 Å². The van der Waals surface area contributed by atoms with Crippen LogP contribution < -0.4 is 4.74 Å². The van der Waals surface area contributed by atoms with Gasteiger partial charge in [0.2, 0.25) is 0 Å². The largest absolute Gasteiger partial charge is 0.489 e. The number of hydrogen-bond donors (Lipinski definition) is 0. The van der Waals surface area contributed by atoms with Crippen molar-refractivity contribution in [1.82, 2.24) is 4.90 Å². The molecule has 4 rings (SSSR count). The van der Waals surface area contributed by atoms with E-state index in [1.807, 2.05) is 31.2 Å². The number of carbonyl (C=O) groups is 2. The van der Waals surface area contributed by atoms with Crippen LogP contribution in [0.1, 0.15) is 22.3 Å². The van der Waals surface area contributed by atoms with Gasteiger partial charge in [-0.2, -0.15) is 0 Å². The van der Waals surface area contributed by atoms with E-state index in [4.69, 9.17) is 4.74 Å². The molecule has 0 unspecified atom stereocenters. The lowest BCUT2D eigenvalue weighted by atomic mass is 10.1. The topological polar surface area (TPSA) is 46.6 Å². The Hall–Kier alpha value is -3.38. The minimum atomic E-state index is -0.305. The molecule has 1 heterocycles. The fourth-order valence-electron chi connectivity index (χ4n) is 3.10. The fraction of sp³-hybridized carbons (Fsp3) is 0.120. The molecule has 6 heteroatoms. The van der Waals surface area contributed by atoms with Crippen LogP contribution >= 0.6 is 11.8 Å². The summed E-state index contributed by atoms with van der Waals surface area (Å²) in [5.74, 6) is -0.0104. The van der Waals surface area contributed by atoms with Gasteiger partial charge in [0.05, 0.1) is 11.4 Å². The molecule has 31 heavy (non-hydrogen) atoms. The first-order valence-corrected chi connectivity index (χ1v) is 10.6. The maximum atomic E-state index is 13.7. The van der Waals surface area contributed by atoms with Gasteiger partial charge < -0.3 is 4.74 Å². The third kappa shape index (κ3) is 5.03. The van der Waals surface area contributed by atoms with Crippen LogP contribution in [0, 0.1) is 12.7 Å². The van der Waals surface area contributed by atoms with Crippen LogP contribution in [0.4, 0.5) is 9.18 Å². The molecule has 0 radical (unpaired) electrons. The highest BCUT2D eigenvalue weighted by atomic mass is 32.2. The molecule has 156 valence electrons. The zero-order valence-electron chi connectivity index (χ0n) is 16.9. The van der Waals surface area contributed by atoms with Crippen LogP contribution in [0.2, 0.25) is 0 Å². The molecule has 0 atom stereocenters. The summed E-state index contributed by atoms with van der Waals surface area (Å²) >= 11 is 0.938. The molecule has 0 saturated carbocycles. The van der Waals surface area contributed by atoms with Crippen LogP contribution in [0.5, 0.6) is 5.75 Å². The summed E-state index contributed by atoms with van der Waals surface area (Å²) in [7, 11) is 0. The first-order chi connectivity index (χ1) is 15.0. The van der Waals surface area contributed by atoms with Crippen LogP contribution in [0.3, 0.4) is 0 Å². The number of aryl methyl sites for hydroxylation is 1. The average molecular weight is 434 g/mol. The Morgan fingerprint density at radius 1 is 0.968 bits per heavy atom. The monoisotopic (exact) mass is 433 g/mol. The molecule has 3 aromatic rings. The molecule has 2 amide bonds. The lowest BCUT2D eigenvalue weighted by Crippen LogP contribution is -2.27. The number of amides is 2. The van der Waals surface area contributed by atoms with E-state index in [0.29, 0.717) is 16.2 Å². The summed E-state index contributed by atoms with van der Waals surface area (Å²) in [6, 6.07) is 21.3. The number of thioether (sulfide) groups is 1. The molecule has 0 aromatic heterocycles. The summed E-state index contributed by atoms with van der Waals surface area (Å²) in [5, 5.41) is -0.276. The molecular weight excluding hydrogens is 413 g/mol. The second-order valence-corrected chi connectivity index (χ2v) is 8.20. The standard InChI is InChI=1S/C25H20FNO3S/c1-17-6-8-19(9-7-17)15-27-24(28)23(31-25(27)29)14-18-10-12-21(13-11-18)30-16-20-4-2-3-5-22(20)26/h2-14H,15-16H2,1H3/b23-14-. The quantitative estimate of drug-likeness (QED) is 0.451. The van der Waals surface area contributed by atoms with Crippen LogP contribution in [-0.4, -0.2) is 16.0 Å². The van der Waals surface area contributed by atoms with Crippen molar-refractivity contribution in [1.29, 1.82) is 0 Å². The zero-order chi connectivity index (χ0) is 21.8. The van der Waals surface area contributed by atoms with E-state index in [0.717, 1.165) is 28.5 Å². The summed E-state index contributed by atoms with van der Waals surface area (Å²) in [6.45, 7) is 2.37. The third-order valence-corrected chi connectivity index (χ3v) is 5.77. The molecule has 0 spiro atoms. The zero-order valence-corrected chi connectivity index (χ0v) is 17.7. The van der Waals surface area contributed by atoms with Crippen molar-refractivity contribution in [2.75, 3.05) is 0 Å². The van der Waals surface area contributed by atoms with Gasteiger partial charge in [-0.05, 0) is 54.1 Å². The molecule has 1 aliphatic heterocycles. The van der Waals surface area contributed by atoms with Crippen molar-refractivity contribution in [2.45, 2.75) is 20.1 Å². The van der Waals surface area contributed by atoms with E-state index < -0.39 is 0 Å². The normalized spacial score (nSPS) is 15.0. The Morgan fingerprint density at radius 3 is 2.39 bits per heavy atom. The van der Waals surface area contributed by atoms with Crippen LogP contribution in [-0.2, 0) is 17.9 Å². The van der Waals surface area contributed by atoms with E-state index >= 15 is 0 Å². The number of halogens is 1. The Balaban J connectivity index is 1.41. The Morgan fingerprint density at radius 2 is 1.68 bits per heavy atom. The van der Waals surface area contributed by atoms with Crippen molar-refractivity contribution in [3.63, 3.8) is 0 Å². The molecule has 1 saturated heterocycles. The van der Waals surface area contributed by atoms with Gasteiger partial charge in [0, 0.05) is 5.56 Å². The second kappa shape index (κ2) is 9.18. The Labute approximate surface area is 184 Å². The number of hydrogen-bond acceptors (Lipinski definition) is 4. The van der Waals surface area contributed by atoms with E-state index in [2.05, 4.69) is 0 Å². The van der Waals surface area contributed by atoms with Crippen molar-refractivity contribution in [3.8, 4) is 5.75 Å². The summed E-state index contributed by atoms with van der Waals surface area (Å²) in [5.41, 5.74) is 3.29. The maximum absolute atomic E-state index is 13.7. The highest BCUT2D eigenvalue weighted by Gasteiger charge is 2.34. The lowest BCUT2D eigenvalue weighted by Gasteiger charge is -2.12. The van der Waals surface area contributed by atoms with Gasteiger partial charge in [0.1, 0.15) is 18.2 Å². The van der Waals surface area contributed by atoms with Crippen molar-refractivity contribution >= 4 is 29.0 Å². The highest BCUT2D eigenvalue weighted by molar-refractivity contribution is 8.18. The number of rotatable bonds is 6. The predicted octanol–water partition coefficient (Wildman–Crippen LogP) is 5.95. The maximum Gasteiger partial charge on any atom is 0.293 e. The minimum absolute atomic E-state index is 0.129. The molecule has 0 aliphatic carbocycles. The van der Waals surface area contributed by atoms with Gasteiger partial charge in [0.25, 0.3) is 11.1 Å². The van der Waals surface area contributed by atoms with E-state index in [9.17, 15) is 14.0 Å². The summed E-state index contributed by atoms with van der Waals surface area (Å²) < 4.78 is 19.3. The smallest absolute Gasteiger partial charge is 0.293 e. The molecule has 1 fully saturated rings. The average Bonchev–Trinajstić information content (AvgIpc) is 3.03. The Bertz CT molecular complexity index is 1140. The van der Waals surface area contributed by atoms with Gasteiger partial charge in [-0.25, -0.2) is 4.39 Å². The fourth-order valence-corrected chi connectivity index (χ4v) is 3.94. The SMILES string of the molecule is Cc1ccc(CN2C(=O)S/C(=C\c3ccc(OCc4ccccc4F)cc3)C2=O)cc1. The minimum Gasteiger partial charge on any atom is -0.489 e. The van der Waals surface area contributed by atoms with E-state index in [1.54, 1.807) is 48.5 Å². The van der Waals surface area contributed by atoms with Gasteiger partial charge in [0.15, 0.2) is 0 Å². The first kappa shape index (κ1) is 20.9. The van der Waals surface area contributed by atoms with Crippen LogP contribution in [0.15, 0.2) is 77.7 Å². The van der Waals surface area contributed by atoms with E-state index in [-0.39, 0.29) is 30.1 Å². The molecule has 3 aromatic carbocycles. The van der Waals surface area contributed by atoms with Gasteiger partial charge in [-0.3, -0.25) is 14.5 Å². The molecule has 0 bridgehead atoms. The number of nitrogens with zero attached hydrogens (tertiary/aromatic N) is 1. The van der Waals surface area contributed by atoms with Gasteiger partial charge in [-0.15, -0.1) is 0 Å². The Kier molecular flexibility index (Phi) is 6.18. The molecule has 1 aliphatic rings. The molecule has 4 nitrogen and oxygen atoms in total. The first-order valence-electron chi connectivity index (χ1n) is 9.77. The molecular formula is C25H20FNO3S. The highest BCUT2D eigenvalue weighted by Crippen LogP contribution is 2.33.